The van der Waals surface area contributed by atoms with Gasteiger partial charge >= 0.3 is 0 Å². The highest BCUT2D eigenvalue weighted by molar-refractivity contribution is 6.76. The van der Waals surface area contributed by atoms with E-state index in [0.717, 1.165) is 0 Å². The molecule has 0 aromatic heterocycles. The van der Waals surface area contributed by atoms with Crippen LogP contribution in [0.2, 0.25) is 0 Å². The highest BCUT2D eigenvalue weighted by atomic mass is 35.6. The first kappa shape index (κ1) is 11.6. The summed E-state index contributed by atoms with van der Waals surface area (Å²) in [5, 5.41) is 2.14. The lowest BCUT2D eigenvalue weighted by Gasteiger charge is -2.11. The Morgan fingerprint density at radius 1 is 1.29 bits per heavy atom. The van der Waals surface area contributed by atoms with Gasteiger partial charge in [-0.05, 0) is 12.1 Å². The maximum atomic E-state index is 13.0. The van der Waals surface area contributed by atoms with Gasteiger partial charge in [-0.25, -0.2) is 4.39 Å². The van der Waals surface area contributed by atoms with Crippen LogP contribution in [0.3, 0.4) is 0 Å². The van der Waals surface area contributed by atoms with Crippen LogP contribution in [0.4, 0.5) is 10.1 Å². The molecule has 0 spiro atoms. The van der Waals surface area contributed by atoms with Gasteiger partial charge in [-0.2, -0.15) is 0 Å². The fraction of sp³-hybridized carbons (Fsp3) is 0.125. The number of anilines is 1. The Morgan fingerprint density at radius 3 is 2.36 bits per heavy atom. The third kappa shape index (κ3) is 3.01. The monoisotopic (exact) mass is 255 g/mol. The van der Waals surface area contributed by atoms with E-state index < -0.39 is 15.5 Å². The van der Waals surface area contributed by atoms with E-state index in [9.17, 15) is 9.18 Å². The molecule has 1 amide bonds. The summed E-state index contributed by atoms with van der Waals surface area (Å²) in [6, 6.07) is 5.59. The van der Waals surface area contributed by atoms with Gasteiger partial charge < -0.3 is 5.32 Å². The SMILES string of the molecule is O=C(Nc1ccccc1F)C(Cl)(Cl)Cl. The number of halogens is 4. The number of carbonyl (C=O) groups excluding carboxylic acids is 1. The van der Waals surface area contributed by atoms with Crippen LogP contribution in [0.15, 0.2) is 24.3 Å². The third-order valence-electron chi connectivity index (χ3n) is 1.38. The Morgan fingerprint density at radius 2 is 1.86 bits per heavy atom. The van der Waals surface area contributed by atoms with Gasteiger partial charge in [0.25, 0.3) is 9.70 Å². The Labute approximate surface area is 94.9 Å². The number of carbonyl (C=O) groups is 1. The molecule has 0 saturated carbocycles. The quantitative estimate of drug-likeness (QED) is 0.769. The Hall–Kier alpha value is -0.510. The van der Waals surface area contributed by atoms with Gasteiger partial charge in [0.15, 0.2) is 0 Å². The van der Waals surface area contributed by atoms with Gasteiger partial charge in [-0.1, -0.05) is 46.9 Å². The molecule has 0 atom stereocenters. The van der Waals surface area contributed by atoms with Crippen LogP contribution < -0.4 is 5.32 Å². The molecule has 0 heterocycles. The van der Waals surface area contributed by atoms with Crippen molar-refractivity contribution in [3.63, 3.8) is 0 Å². The minimum Gasteiger partial charge on any atom is -0.320 e. The number of para-hydroxylation sites is 1. The predicted octanol–water partition coefficient (Wildman–Crippen LogP) is 3.13. The first-order valence-electron chi connectivity index (χ1n) is 3.54. The first-order valence-corrected chi connectivity index (χ1v) is 4.67. The van der Waals surface area contributed by atoms with Gasteiger partial charge in [-0.15, -0.1) is 0 Å². The molecule has 1 N–H and O–H groups in total. The summed E-state index contributed by atoms with van der Waals surface area (Å²) >= 11 is 15.8. The summed E-state index contributed by atoms with van der Waals surface area (Å²) in [6.07, 6.45) is 0. The molecule has 1 rings (SSSR count). The molecule has 1 aromatic rings. The van der Waals surface area contributed by atoms with E-state index in [-0.39, 0.29) is 5.69 Å². The van der Waals surface area contributed by atoms with Crippen LogP contribution in [0.5, 0.6) is 0 Å². The van der Waals surface area contributed by atoms with Crippen molar-refractivity contribution in [2.75, 3.05) is 5.32 Å². The molecule has 0 aliphatic heterocycles. The lowest BCUT2D eigenvalue weighted by molar-refractivity contribution is -0.115. The zero-order valence-corrected chi connectivity index (χ0v) is 9.00. The third-order valence-corrected chi connectivity index (χ3v) is 1.89. The number of benzene rings is 1. The van der Waals surface area contributed by atoms with Gasteiger partial charge in [0.1, 0.15) is 5.82 Å². The molecule has 2 nitrogen and oxygen atoms in total. The summed E-state index contributed by atoms with van der Waals surface area (Å²) < 4.78 is 10.9. The molecule has 0 aliphatic carbocycles. The molecular weight excluding hydrogens is 251 g/mol. The molecule has 0 radical (unpaired) electrons. The Bertz CT molecular complexity index is 351. The largest absolute Gasteiger partial charge is 0.320 e. The van der Waals surface area contributed by atoms with E-state index in [1.54, 1.807) is 6.07 Å². The highest BCUT2D eigenvalue weighted by Gasteiger charge is 2.30. The molecule has 0 bridgehead atoms. The van der Waals surface area contributed by atoms with Crippen LogP contribution in [0.1, 0.15) is 0 Å². The summed E-state index contributed by atoms with van der Waals surface area (Å²) in [7, 11) is 0. The van der Waals surface area contributed by atoms with Crippen LogP contribution >= 0.6 is 34.8 Å². The Balaban J connectivity index is 2.80. The van der Waals surface area contributed by atoms with Crippen molar-refractivity contribution in [1.82, 2.24) is 0 Å². The van der Waals surface area contributed by atoms with Gasteiger partial charge in [0.05, 0.1) is 5.69 Å². The standard InChI is InChI=1S/C8H5Cl3FNO/c9-8(10,11)7(14)13-6-4-2-1-3-5(6)12/h1-4H,(H,13,14). The molecule has 1 aromatic carbocycles. The predicted molar refractivity (Wildman–Crippen MR) is 55.3 cm³/mol. The zero-order valence-electron chi connectivity index (χ0n) is 6.73. The fourth-order valence-corrected chi connectivity index (χ4v) is 0.897. The van der Waals surface area contributed by atoms with E-state index in [1.165, 1.54) is 18.2 Å². The van der Waals surface area contributed by atoms with Crippen LogP contribution in [0, 0.1) is 5.82 Å². The van der Waals surface area contributed by atoms with E-state index in [4.69, 9.17) is 34.8 Å². The average Bonchev–Trinajstić information content (AvgIpc) is 2.07. The van der Waals surface area contributed by atoms with E-state index in [1.807, 2.05) is 0 Å². The number of hydrogen-bond acceptors (Lipinski definition) is 1. The first-order chi connectivity index (χ1) is 6.41. The number of rotatable bonds is 1. The van der Waals surface area contributed by atoms with Crippen molar-refractivity contribution < 1.29 is 9.18 Å². The van der Waals surface area contributed by atoms with E-state index >= 15 is 0 Å². The van der Waals surface area contributed by atoms with Crippen LogP contribution in [-0.2, 0) is 4.79 Å². The lowest BCUT2D eigenvalue weighted by Crippen LogP contribution is -2.27. The van der Waals surface area contributed by atoms with Crippen molar-refractivity contribution in [1.29, 1.82) is 0 Å². The van der Waals surface area contributed by atoms with Crippen molar-refractivity contribution in [2.24, 2.45) is 0 Å². The second kappa shape index (κ2) is 4.34. The summed E-state index contributed by atoms with van der Waals surface area (Å²) in [5.41, 5.74) is -0.0242. The number of amides is 1. The minimum absolute atomic E-state index is 0.0242. The average molecular weight is 256 g/mol. The molecule has 0 aliphatic rings. The lowest BCUT2D eigenvalue weighted by atomic mass is 10.3. The molecule has 76 valence electrons. The second-order valence-electron chi connectivity index (χ2n) is 2.43. The minimum atomic E-state index is -2.09. The topological polar surface area (TPSA) is 29.1 Å². The molecule has 0 fully saturated rings. The van der Waals surface area contributed by atoms with Crippen LogP contribution in [0.25, 0.3) is 0 Å². The van der Waals surface area contributed by atoms with Gasteiger partial charge in [0.2, 0.25) is 0 Å². The fourth-order valence-electron chi connectivity index (χ4n) is 0.756. The second-order valence-corrected chi connectivity index (χ2v) is 4.71. The highest BCUT2D eigenvalue weighted by Crippen LogP contribution is 2.28. The zero-order chi connectivity index (χ0) is 10.8. The van der Waals surface area contributed by atoms with E-state index in [0.29, 0.717) is 0 Å². The molecule has 6 heteroatoms. The van der Waals surface area contributed by atoms with E-state index in [2.05, 4.69) is 5.32 Å². The summed E-state index contributed by atoms with van der Waals surface area (Å²) in [4.78, 5) is 11.1. The summed E-state index contributed by atoms with van der Waals surface area (Å²) in [5.74, 6) is -1.48. The molecule has 0 saturated heterocycles. The maximum Gasteiger partial charge on any atom is 0.276 e. The van der Waals surface area contributed by atoms with Crippen molar-refractivity contribution in [3.8, 4) is 0 Å². The maximum absolute atomic E-state index is 13.0. The van der Waals surface area contributed by atoms with Crippen molar-refractivity contribution in [3.05, 3.63) is 30.1 Å². The van der Waals surface area contributed by atoms with Crippen LogP contribution in [-0.4, -0.2) is 9.70 Å². The molecular formula is C8H5Cl3FNO. The van der Waals surface area contributed by atoms with Gasteiger partial charge in [0, 0.05) is 0 Å². The number of nitrogens with one attached hydrogen (secondary N) is 1. The summed E-state index contributed by atoms with van der Waals surface area (Å²) in [6.45, 7) is 0. The number of alkyl halides is 3. The smallest absolute Gasteiger partial charge is 0.276 e. The Kier molecular flexibility index (Phi) is 3.59. The van der Waals surface area contributed by atoms with Gasteiger partial charge in [-0.3, -0.25) is 4.79 Å². The normalized spacial score (nSPS) is 11.1. The van der Waals surface area contributed by atoms with Crippen molar-refractivity contribution in [2.45, 2.75) is 3.79 Å². The number of hydrogen-bond donors (Lipinski definition) is 1. The van der Waals surface area contributed by atoms with Crippen molar-refractivity contribution >= 4 is 46.4 Å². The molecule has 0 unspecified atom stereocenters. The molecule has 14 heavy (non-hydrogen) atoms.